The third kappa shape index (κ3) is 7.21. The van der Waals surface area contributed by atoms with Gasteiger partial charge in [0, 0.05) is 39.1 Å². The summed E-state index contributed by atoms with van der Waals surface area (Å²) in [6, 6.07) is 18.3. The van der Waals surface area contributed by atoms with Gasteiger partial charge >= 0.3 is 6.03 Å². The first kappa shape index (κ1) is 24.1. The van der Waals surface area contributed by atoms with E-state index in [1.165, 1.54) is 41.7 Å². The van der Waals surface area contributed by atoms with Crippen LogP contribution in [0.5, 0.6) is 0 Å². The Labute approximate surface area is 209 Å². The van der Waals surface area contributed by atoms with E-state index in [9.17, 15) is 4.79 Å². The summed E-state index contributed by atoms with van der Waals surface area (Å²) in [5.41, 5.74) is 3.03. The number of urea groups is 1. The number of hydrogen-bond acceptors (Lipinski definition) is 3. The highest BCUT2D eigenvalue weighted by Crippen LogP contribution is 2.28. The van der Waals surface area contributed by atoms with E-state index in [1.54, 1.807) is 29.5 Å². The smallest absolute Gasteiger partial charge is 0.319 e. The Balaban J connectivity index is 1.38. The second-order valence-electron chi connectivity index (χ2n) is 8.51. The van der Waals surface area contributed by atoms with Crippen molar-refractivity contribution in [2.24, 2.45) is 0 Å². The fraction of sp³-hybridized carbons (Fsp3) is 0.346. The van der Waals surface area contributed by atoms with Crippen molar-refractivity contribution in [1.82, 2.24) is 10.6 Å². The number of amides is 2. The molecule has 2 aromatic carbocycles. The number of anilines is 1. The van der Waals surface area contributed by atoms with E-state index >= 15 is 0 Å². The van der Waals surface area contributed by atoms with Crippen molar-refractivity contribution in [3.05, 3.63) is 75.6 Å². The number of carbonyl (C=O) groups excluding carboxylic acids is 1. The van der Waals surface area contributed by atoms with Crippen LogP contribution in [0.1, 0.15) is 43.6 Å². The van der Waals surface area contributed by atoms with Gasteiger partial charge in [-0.2, -0.15) is 0 Å². The molecule has 1 heterocycles. The van der Waals surface area contributed by atoms with E-state index in [-0.39, 0.29) is 11.9 Å². The molecule has 0 spiro atoms. The Morgan fingerprint density at radius 2 is 1.76 bits per heavy atom. The molecule has 1 saturated carbocycles. The SMILES string of the molecule is O=C(NCC(CCNC1CCCC1)c1ccc(-c2cccs2)cc1)Nc1cc(Cl)cc(Cl)c1. The summed E-state index contributed by atoms with van der Waals surface area (Å²) in [5.74, 6) is 0.213. The Hall–Kier alpha value is -2.05. The molecular weight excluding hydrogens is 473 g/mol. The molecule has 0 radical (unpaired) electrons. The Bertz CT molecular complexity index is 1010. The highest BCUT2D eigenvalue weighted by Gasteiger charge is 2.17. The summed E-state index contributed by atoms with van der Waals surface area (Å²) in [7, 11) is 0. The molecule has 174 valence electrons. The van der Waals surface area contributed by atoms with Gasteiger partial charge in [0.05, 0.1) is 0 Å². The summed E-state index contributed by atoms with van der Waals surface area (Å²) in [6.07, 6.45) is 6.13. The molecule has 1 fully saturated rings. The van der Waals surface area contributed by atoms with Crippen molar-refractivity contribution in [2.45, 2.75) is 44.1 Å². The number of halogens is 2. The lowest BCUT2D eigenvalue weighted by molar-refractivity contribution is 0.251. The first-order valence-electron chi connectivity index (χ1n) is 11.4. The van der Waals surface area contributed by atoms with Gasteiger partial charge in [0.25, 0.3) is 0 Å². The summed E-state index contributed by atoms with van der Waals surface area (Å²) in [5, 5.41) is 12.6. The van der Waals surface area contributed by atoms with Crippen LogP contribution in [0.2, 0.25) is 10.0 Å². The quantitative estimate of drug-likeness (QED) is 0.283. The van der Waals surface area contributed by atoms with E-state index in [0.717, 1.165) is 13.0 Å². The van der Waals surface area contributed by atoms with Gasteiger partial charge in [-0.25, -0.2) is 4.79 Å². The van der Waals surface area contributed by atoms with Crippen molar-refractivity contribution >= 4 is 46.3 Å². The maximum atomic E-state index is 12.5. The monoisotopic (exact) mass is 501 g/mol. The predicted octanol–water partition coefficient (Wildman–Crippen LogP) is 7.55. The van der Waals surface area contributed by atoms with E-state index in [2.05, 4.69) is 57.7 Å². The van der Waals surface area contributed by atoms with Crippen LogP contribution in [0, 0.1) is 0 Å². The Morgan fingerprint density at radius 1 is 1.03 bits per heavy atom. The molecule has 3 N–H and O–H groups in total. The summed E-state index contributed by atoms with van der Waals surface area (Å²) in [6.45, 7) is 1.49. The van der Waals surface area contributed by atoms with Crippen LogP contribution < -0.4 is 16.0 Å². The minimum absolute atomic E-state index is 0.213. The minimum atomic E-state index is -0.266. The van der Waals surface area contributed by atoms with Gasteiger partial charge in [-0.05, 0) is 66.6 Å². The Morgan fingerprint density at radius 3 is 2.42 bits per heavy atom. The van der Waals surface area contributed by atoms with Gasteiger partial charge < -0.3 is 16.0 Å². The molecule has 3 aromatic rings. The van der Waals surface area contributed by atoms with Gasteiger partial charge in [-0.3, -0.25) is 0 Å². The van der Waals surface area contributed by atoms with E-state index < -0.39 is 0 Å². The van der Waals surface area contributed by atoms with Gasteiger partial charge in [-0.15, -0.1) is 11.3 Å². The van der Waals surface area contributed by atoms with Crippen molar-refractivity contribution in [2.75, 3.05) is 18.4 Å². The van der Waals surface area contributed by atoms with Crippen LogP contribution in [0.4, 0.5) is 10.5 Å². The first-order chi connectivity index (χ1) is 16.1. The van der Waals surface area contributed by atoms with Crippen LogP contribution in [0.25, 0.3) is 10.4 Å². The molecule has 1 aliphatic carbocycles. The van der Waals surface area contributed by atoms with Crippen molar-refractivity contribution < 1.29 is 4.79 Å². The maximum Gasteiger partial charge on any atom is 0.319 e. The molecule has 33 heavy (non-hydrogen) atoms. The summed E-state index contributed by atoms with van der Waals surface area (Å²) >= 11 is 13.8. The van der Waals surface area contributed by atoms with Gasteiger partial charge in [-0.1, -0.05) is 66.4 Å². The largest absolute Gasteiger partial charge is 0.337 e. The molecule has 4 nitrogen and oxygen atoms in total. The summed E-state index contributed by atoms with van der Waals surface area (Å²) in [4.78, 5) is 13.8. The van der Waals surface area contributed by atoms with Crippen LogP contribution in [-0.4, -0.2) is 25.2 Å². The third-order valence-corrected chi connectivity index (χ3v) is 7.45. The Kier molecular flexibility index (Phi) is 8.68. The number of thiophene rings is 1. The molecule has 0 saturated heterocycles. The number of rotatable bonds is 9. The number of nitrogens with one attached hydrogen (secondary N) is 3. The molecular formula is C26H29Cl2N3OS. The number of hydrogen-bond donors (Lipinski definition) is 3. The van der Waals surface area contributed by atoms with E-state index in [1.807, 2.05) is 0 Å². The fourth-order valence-electron chi connectivity index (χ4n) is 4.36. The summed E-state index contributed by atoms with van der Waals surface area (Å²) < 4.78 is 0. The highest BCUT2D eigenvalue weighted by molar-refractivity contribution is 7.13. The zero-order valence-corrected chi connectivity index (χ0v) is 20.8. The molecule has 1 aliphatic rings. The zero-order valence-electron chi connectivity index (χ0n) is 18.5. The lowest BCUT2D eigenvalue weighted by atomic mass is 9.94. The second-order valence-corrected chi connectivity index (χ2v) is 10.3. The third-order valence-electron chi connectivity index (χ3n) is 6.10. The number of carbonyl (C=O) groups is 1. The van der Waals surface area contributed by atoms with Crippen molar-refractivity contribution in [3.8, 4) is 10.4 Å². The van der Waals surface area contributed by atoms with Gasteiger partial charge in [0.2, 0.25) is 0 Å². The topological polar surface area (TPSA) is 53.2 Å². The average Bonchev–Trinajstić information content (AvgIpc) is 3.50. The highest BCUT2D eigenvalue weighted by atomic mass is 35.5. The lowest BCUT2D eigenvalue weighted by Gasteiger charge is -2.21. The molecule has 1 unspecified atom stereocenters. The molecule has 4 rings (SSSR count). The fourth-order valence-corrected chi connectivity index (χ4v) is 5.62. The van der Waals surface area contributed by atoms with Crippen molar-refractivity contribution in [1.29, 1.82) is 0 Å². The standard InChI is InChI=1S/C26H29Cl2N3OS/c27-21-14-22(28)16-24(15-21)31-26(32)30-17-20(11-12-29-23-4-1-2-5-23)18-7-9-19(10-8-18)25-6-3-13-33-25/h3,6-10,13-16,20,23,29H,1-2,4-5,11-12,17H2,(H2,30,31,32). The molecule has 2 amide bonds. The maximum absolute atomic E-state index is 12.5. The van der Waals surface area contributed by atoms with Gasteiger partial charge in [0.15, 0.2) is 0 Å². The zero-order chi connectivity index (χ0) is 23.0. The second kappa shape index (κ2) is 11.9. The van der Waals surface area contributed by atoms with Crippen LogP contribution >= 0.6 is 34.5 Å². The van der Waals surface area contributed by atoms with Gasteiger partial charge in [0.1, 0.15) is 0 Å². The van der Waals surface area contributed by atoms with E-state index in [4.69, 9.17) is 23.2 Å². The minimum Gasteiger partial charge on any atom is -0.337 e. The van der Waals surface area contributed by atoms with Crippen LogP contribution in [0.3, 0.4) is 0 Å². The van der Waals surface area contributed by atoms with E-state index in [0.29, 0.717) is 28.3 Å². The van der Waals surface area contributed by atoms with Crippen LogP contribution in [-0.2, 0) is 0 Å². The number of benzene rings is 2. The molecule has 1 aromatic heterocycles. The predicted molar refractivity (Wildman–Crippen MR) is 141 cm³/mol. The average molecular weight is 503 g/mol. The van der Waals surface area contributed by atoms with Crippen LogP contribution in [0.15, 0.2) is 60.0 Å². The molecule has 0 bridgehead atoms. The molecule has 0 aliphatic heterocycles. The lowest BCUT2D eigenvalue weighted by Crippen LogP contribution is -2.34. The molecule has 1 atom stereocenters. The first-order valence-corrected chi connectivity index (χ1v) is 13.1. The normalized spacial score (nSPS) is 14.8. The van der Waals surface area contributed by atoms with Crippen molar-refractivity contribution in [3.63, 3.8) is 0 Å². The molecule has 7 heteroatoms.